The van der Waals surface area contributed by atoms with E-state index >= 15 is 0 Å². The van der Waals surface area contributed by atoms with Crippen LogP contribution in [-0.4, -0.2) is 42.4 Å². The number of hydrogen-bond acceptors (Lipinski definition) is 5. The third-order valence-electron chi connectivity index (χ3n) is 2.84. The van der Waals surface area contributed by atoms with Crippen LogP contribution in [0.4, 0.5) is 4.79 Å². The van der Waals surface area contributed by atoms with Crippen LogP contribution in [0.3, 0.4) is 0 Å². The van der Waals surface area contributed by atoms with E-state index in [-0.39, 0.29) is 18.9 Å². The van der Waals surface area contributed by atoms with Gasteiger partial charge in [0.2, 0.25) is 0 Å². The number of esters is 1. The van der Waals surface area contributed by atoms with Crippen molar-refractivity contribution in [2.75, 3.05) is 13.7 Å². The van der Waals surface area contributed by atoms with Gasteiger partial charge in [0.1, 0.15) is 18.4 Å². The molecule has 1 atom stereocenters. The summed E-state index contributed by atoms with van der Waals surface area (Å²) in [7, 11) is 1.22. The van der Waals surface area contributed by atoms with Crippen molar-refractivity contribution in [2.45, 2.75) is 26.5 Å². The number of methoxy groups -OCH3 is 1. The Morgan fingerprint density at radius 1 is 1.19 bits per heavy atom. The van der Waals surface area contributed by atoms with Gasteiger partial charge in [0.25, 0.3) is 0 Å². The summed E-state index contributed by atoms with van der Waals surface area (Å²) in [4.78, 5) is 35.9. The average molecular weight is 293 g/mol. The van der Waals surface area contributed by atoms with Crippen molar-refractivity contribution in [1.82, 2.24) is 4.90 Å². The molecule has 6 heteroatoms. The van der Waals surface area contributed by atoms with Crippen LogP contribution >= 0.6 is 0 Å². The van der Waals surface area contributed by atoms with E-state index in [1.165, 1.54) is 21.0 Å². The molecule has 1 unspecified atom stereocenters. The normalized spacial score (nSPS) is 11.4. The van der Waals surface area contributed by atoms with E-state index in [0.29, 0.717) is 0 Å². The van der Waals surface area contributed by atoms with E-state index in [1.54, 1.807) is 0 Å². The molecule has 0 heterocycles. The fraction of sp³-hybridized carbons (Fsp3) is 0.400. The minimum Gasteiger partial charge on any atom is -0.467 e. The molecule has 114 valence electrons. The highest BCUT2D eigenvalue weighted by Gasteiger charge is 2.28. The van der Waals surface area contributed by atoms with Gasteiger partial charge >= 0.3 is 12.1 Å². The van der Waals surface area contributed by atoms with Crippen LogP contribution in [0.1, 0.15) is 19.4 Å². The van der Waals surface area contributed by atoms with Crippen molar-refractivity contribution in [3.8, 4) is 0 Å². The third kappa shape index (κ3) is 5.25. The molecule has 0 fully saturated rings. The Morgan fingerprint density at radius 3 is 2.33 bits per heavy atom. The van der Waals surface area contributed by atoms with Crippen molar-refractivity contribution in [3.63, 3.8) is 0 Å². The molecule has 1 aromatic carbocycles. The smallest absolute Gasteiger partial charge is 0.411 e. The van der Waals surface area contributed by atoms with Gasteiger partial charge in [-0.1, -0.05) is 30.3 Å². The number of Topliss-reactive ketones (excluding diaryl/α,β-unsaturated/α-hetero) is 1. The van der Waals surface area contributed by atoms with E-state index < -0.39 is 18.1 Å². The quantitative estimate of drug-likeness (QED) is 0.747. The molecule has 0 aliphatic carbocycles. The molecule has 0 radical (unpaired) electrons. The lowest BCUT2D eigenvalue weighted by molar-refractivity contribution is -0.146. The van der Waals surface area contributed by atoms with E-state index in [2.05, 4.69) is 4.74 Å². The van der Waals surface area contributed by atoms with Crippen molar-refractivity contribution in [3.05, 3.63) is 35.9 Å². The molecular formula is C15H19NO5. The lowest BCUT2D eigenvalue weighted by Crippen LogP contribution is -2.46. The number of hydrogen-bond donors (Lipinski definition) is 0. The Kier molecular flexibility index (Phi) is 6.39. The molecule has 1 amide bonds. The van der Waals surface area contributed by atoms with Gasteiger partial charge in [0.05, 0.1) is 13.7 Å². The summed E-state index contributed by atoms with van der Waals surface area (Å²) in [6.45, 7) is 2.69. The van der Waals surface area contributed by atoms with Gasteiger partial charge in [-0.05, 0) is 19.4 Å². The number of benzene rings is 1. The third-order valence-corrected chi connectivity index (χ3v) is 2.84. The number of amides is 1. The molecular weight excluding hydrogens is 274 g/mol. The summed E-state index contributed by atoms with van der Waals surface area (Å²) in [5.41, 5.74) is 0.819. The standard InChI is InChI=1S/C15H19NO5/c1-11(17)9-16(12(2)14(18)20-3)15(19)21-10-13-7-5-4-6-8-13/h4-8,12H,9-10H2,1-3H3. The minimum absolute atomic E-state index is 0.0714. The first-order valence-corrected chi connectivity index (χ1v) is 6.50. The Hall–Kier alpha value is -2.37. The zero-order valence-electron chi connectivity index (χ0n) is 12.4. The van der Waals surface area contributed by atoms with Crippen LogP contribution in [0.25, 0.3) is 0 Å². The largest absolute Gasteiger partial charge is 0.467 e. The molecule has 0 bridgehead atoms. The first-order chi connectivity index (χ1) is 9.95. The molecule has 0 aliphatic heterocycles. The predicted molar refractivity (Wildman–Crippen MR) is 75.5 cm³/mol. The molecule has 0 aromatic heterocycles. The maximum Gasteiger partial charge on any atom is 0.411 e. The highest BCUT2D eigenvalue weighted by Crippen LogP contribution is 2.08. The SMILES string of the molecule is COC(=O)C(C)N(CC(C)=O)C(=O)OCc1ccccc1. The Morgan fingerprint density at radius 2 is 1.81 bits per heavy atom. The zero-order chi connectivity index (χ0) is 15.8. The van der Waals surface area contributed by atoms with Crippen molar-refractivity contribution >= 4 is 17.8 Å². The summed E-state index contributed by atoms with van der Waals surface area (Å²) in [5.74, 6) is -0.852. The maximum absolute atomic E-state index is 12.1. The van der Waals surface area contributed by atoms with Crippen LogP contribution in [-0.2, 0) is 25.7 Å². The predicted octanol–water partition coefficient (Wildman–Crippen LogP) is 1.78. The van der Waals surface area contributed by atoms with E-state index in [4.69, 9.17) is 4.74 Å². The topological polar surface area (TPSA) is 72.9 Å². The highest BCUT2D eigenvalue weighted by molar-refractivity contribution is 5.86. The van der Waals surface area contributed by atoms with E-state index in [9.17, 15) is 14.4 Å². The molecule has 6 nitrogen and oxygen atoms in total. The molecule has 21 heavy (non-hydrogen) atoms. The van der Waals surface area contributed by atoms with E-state index in [0.717, 1.165) is 10.5 Å². The molecule has 0 saturated carbocycles. The monoisotopic (exact) mass is 293 g/mol. The second-order valence-electron chi connectivity index (χ2n) is 4.57. The average Bonchev–Trinajstić information content (AvgIpc) is 2.49. The number of nitrogens with zero attached hydrogens (tertiary/aromatic N) is 1. The summed E-state index contributed by atoms with van der Waals surface area (Å²) in [5, 5.41) is 0. The number of ether oxygens (including phenoxy) is 2. The Labute approximate surface area is 123 Å². The van der Waals surface area contributed by atoms with Gasteiger partial charge in [-0.15, -0.1) is 0 Å². The maximum atomic E-state index is 12.1. The van der Waals surface area contributed by atoms with Crippen molar-refractivity contribution in [2.24, 2.45) is 0 Å². The highest BCUT2D eigenvalue weighted by atomic mass is 16.6. The number of carbonyl (C=O) groups excluding carboxylic acids is 3. The first kappa shape index (κ1) is 16.7. The zero-order valence-corrected chi connectivity index (χ0v) is 12.4. The van der Waals surface area contributed by atoms with Gasteiger partial charge in [-0.3, -0.25) is 9.69 Å². The van der Waals surface area contributed by atoms with Gasteiger partial charge in [-0.2, -0.15) is 0 Å². The molecule has 0 N–H and O–H groups in total. The van der Waals surface area contributed by atoms with E-state index in [1.807, 2.05) is 30.3 Å². The Balaban J connectivity index is 2.71. The van der Waals surface area contributed by atoms with Crippen LogP contribution in [0.5, 0.6) is 0 Å². The number of ketones is 1. The number of carbonyl (C=O) groups is 3. The molecule has 0 spiro atoms. The van der Waals surface area contributed by atoms with Crippen LogP contribution in [0, 0.1) is 0 Å². The minimum atomic E-state index is -0.887. The van der Waals surface area contributed by atoms with Crippen LogP contribution in [0.15, 0.2) is 30.3 Å². The molecule has 0 saturated heterocycles. The van der Waals surface area contributed by atoms with Gasteiger partial charge in [0, 0.05) is 0 Å². The number of rotatable bonds is 6. The fourth-order valence-electron chi connectivity index (χ4n) is 1.70. The van der Waals surface area contributed by atoms with Gasteiger partial charge in [0.15, 0.2) is 0 Å². The summed E-state index contributed by atoms with van der Waals surface area (Å²) < 4.78 is 9.72. The van der Waals surface area contributed by atoms with Crippen molar-refractivity contribution < 1.29 is 23.9 Å². The summed E-state index contributed by atoms with van der Waals surface area (Å²) in [6, 6.07) is 8.24. The molecule has 1 aromatic rings. The van der Waals surface area contributed by atoms with Crippen molar-refractivity contribution in [1.29, 1.82) is 0 Å². The van der Waals surface area contributed by atoms with Gasteiger partial charge < -0.3 is 9.47 Å². The second kappa shape index (κ2) is 8.04. The van der Waals surface area contributed by atoms with Crippen LogP contribution < -0.4 is 0 Å². The van der Waals surface area contributed by atoms with Gasteiger partial charge in [-0.25, -0.2) is 9.59 Å². The lowest BCUT2D eigenvalue weighted by atomic mass is 10.2. The second-order valence-corrected chi connectivity index (χ2v) is 4.57. The molecule has 1 rings (SSSR count). The van der Waals surface area contributed by atoms with Crippen LogP contribution in [0.2, 0.25) is 0 Å². The summed E-state index contributed by atoms with van der Waals surface area (Å²) >= 11 is 0. The lowest BCUT2D eigenvalue weighted by Gasteiger charge is -2.25. The first-order valence-electron chi connectivity index (χ1n) is 6.50. The summed E-state index contributed by atoms with van der Waals surface area (Å²) in [6.07, 6.45) is -0.730. The Bertz CT molecular complexity index is 500. The molecule has 0 aliphatic rings. The fourth-order valence-corrected chi connectivity index (χ4v) is 1.70.